The zero-order chi connectivity index (χ0) is 15.8. The smallest absolute Gasteiger partial charge is 0.273 e. The fourth-order valence-corrected chi connectivity index (χ4v) is 1.80. The maximum Gasteiger partial charge on any atom is 0.273 e. The van der Waals surface area contributed by atoms with E-state index in [0.29, 0.717) is 25.4 Å². The first-order chi connectivity index (χ1) is 10.7. The van der Waals surface area contributed by atoms with Crippen LogP contribution in [0.25, 0.3) is 0 Å². The Morgan fingerprint density at radius 3 is 2.23 bits per heavy atom. The number of nitro groups is 1. The number of hydrogen-bond donors (Lipinski definition) is 0. The number of nitro benzene ring substituents is 1. The molecule has 0 amide bonds. The highest BCUT2D eigenvalue weighted by molar-refractivity contribution is 5.37. The molecule has 0 aromatic heterocycles. The van der Waals surface area contributed by atoms with Crippen molar-refractivity contribution in [1.82, 2.24) is 0 Å². The molecule has 0 atom stereocenters. The lowest BCUT2D eigenvalue weighted by Gasteiger charge is -2.08. The van der Waals surface area contributed by atoms with E-state index >= 15 is 0 Å². The minimum Gasteiger partial charge on any atom is -0.497 e. The summed E-state index contributed by atoms with van der Waals surface area (Å²) in [6.45, 7) is 0.929. The van der Waals surface area contributed by atoms with Gasteiger partial charge < -0.3 is 14.2 Å². The monoisotopic (exact) mass is 303 g/mol. The summed E-state index contributed by atoms with van der Waals surface area (Å²) < 4.78 is 16.1. The van der Waals surface area contributed by atoms with Gasteiger partial charge in [0.05, 0.1) is 31.3 Å². The van der Waals surface area contributed by atoms with Crippen LogP contribution in [0.4, 0.5) is 5.69 Å². The van der Waals surface area contributed by atoms with E-state index < -0.39 is 4.92 Å². The number of nitrogens with zero attached hydrogens (tertiary/aromatic N) is 1. The molecular formula is C16H17NO5. The molecule has 6 nitrogen and oxygen atoms in total. The molecule has 0 saturated heterocycles. The molecule has 0 N–H and O–H groups in total. The maximum atomic E-state index is 10.7. The normalized spacial score (nSPS) is 10.0. The van der Waals surface area contributed by atoms with Crippen molar-refractivity contribution in [2.75, 3.05) is 20.3 Å². The van der Waals surface area contributed by atoms with Gasteiger partial charge in [0.25, 0.3) is 5.69 Å². The summed E-state index contributed by atoms with van der Waals surface area (Å²) in [5.41, 5.74) is 0.0204. The van der Waals surface area contributed by atoms with Gasteiger partial charge in [-0.3, -0.25) is 10.1 Å². The lowest BCUT2D eigenvalue weighted by atomic mass is 10.3. The highest BCUT2D eigenvalue weighted by Crippen LogP contribution is 2.19. The highest BCUT2D eigenvalue weighted by atomic mass is 16.6. The number of hydrogen-bond acceptors (Lipinski definition) is 5. The van der Waals surface area contributed by atoms with Crippen LogP contribution in [0.1, 0.15) is 6.42 Å². The number of ether oxygens (including phenoxy) is 3. The van der Waals surface area contributed by atoms with Crippen molar-refractivity contribution in [2.45, 2.75) is 6.42 Å². The van der Waals surface area contributed by atoms with Crippen molar-refractivity contribution < 1.29 is 19.1 Å². The van der Waals surface area contributed by atoms with Gasteiger partial charge in [-0.15, -0.1) is 0 Å². The molecule has 2 aromatic carbocycles. The van der Waals surface area contributed by atoms with E-state index in [0.717, 1.165) is 11.5 Å². The van der Waals surface area contributed by atoms with Crippen LogP contribution >= 0.6 is 0 Å². The van der Waals surface area contributed by atoms with Crippen LogP contribution in [0.2, 0.25) is 0 Å². The molecule has 116 valence electrons. The van der Waals surface area contributed by atoms with E-state index in [4.69, 9.17) is 14.2 Å². The van der Waals surface area contributed by atoms with Crippen LogP contribution in [0, 0.1) is 10.1 Å². The van der Waals surface area contributed by atoms with Gasteiger partial charge in [0.2, 0.25) is 0 Å². The Kier molecular flexibility index (Phi) is 5.59. The Bertz CT molecular complexity index is 612. The van der Waals surface area contributed by atoms with Gasteiger partial charge >= 0.3 is 0 Å². The number of benzene rings is 2. The Morgan fingerprint density at radius 1 is 0.955 bits per heavy atom. The Morgan fingerprint density at radius 2 is 1.59 bits per heavy atom. The summed E-state index contributed by atoms with van der Waals surface area (Å²) in [6, 6.07) is 13.5. The summed E-state index contributed by atoms with van der Waals surface area (Å²) in [7, 11) is 1.61. The van der Waals surface area contributed by atoms with Gasteiger partial charge in [0.1, 0.15) is 17.2 Å². The fourth-order valence-electron chi connectivity index (χ4n) is 1.80. The zero-order valence-electron chi connectivity index (χ0n) is 12.2. The number of non-ortho nitro benzene ring substituents is 1. The molecule has 0 radical (unpaired) electrons. The summed E-state index contributed by atoms with van der Waals surface area (Å²) in [6.07, 6.45) is 0.675. The third-order valence-electron chi connectivity index (χ3n) is 2.91. The zero-order valence-corrected chi connectivity index (χ0v) is 12.2. The molecule has 2 aromatic rings. The minimum absolute atomic E-state index is 0.0204. The Balaban J connectivity index is 1.70. The van der Waals surface area contributed by atoms with Crippen molar-refractivity contribution in [3.8, 4) is 17.2 Å². The maximum absolute atomic E-state index is 10.7. The second kappa shape index (κ2) is 7.87. The first kappa shape index (κ1) is 15.6. The third kappa shape index (κ3) is 4.66. The van der Waals surface area contributed by atoms with E-state index in [9.17, 15) is 10.1 Å². The molecule has 22 heavy (non-hydrogen) atoms. The van der Waals surface area contributed by atoms with Crippen LogP contribution in [-0.4, -0.2) is 25.2 Å². The van der Waals surface area contributed by atoms with Crippen molar-refractivity contribution in [3.05, 3.63) is 58.6 Å². The molecule has 0 heterocycles. The summed E-state index contributed by atoms with van der Waals surface area (Å²) in [4.78, 5) is 10.2. The van der Waals surface area contributed by atoms with Gasteiger partial charge in [-0.25, -0.2) is 0 Å². The molecule has 0 spiro atoms. The average Bonchev–Trinajstić information content (AvgIpc) is 2.55. The van der Waals surface area contributed by atoms with Crippen LogP contribution in [0.5, 0.6) is 17.2 Å². The first-order valence-electron chi connectivity index (χ1n) is 6.83. The predicted molar refractivity (Wildman–Crippen MR) is 81.7 cm³/mol. The second-order valence-electron chi connectivity index (χ2n) is 4.48. The first-order valence-corrected chi connectivity index (χ1v) is 6.83. The lowest BCUT2D eigenvalue weighted by molar-refractivity contribution is -0.384. The molecule has 0 aliphatic heterocycles. The minimum atomic E-state index is -0.445. The highest BCUT2D eigenvalue weighted by Gasteiger charge is 2.06. The summed E-state index contributed by atoms with van der Waals surface area (Å²) in [5, 5.41) is 10.7. The van der Waals surface area contributed by atoms with E-state index in [2.05, 4.69) is 0 Å². The van der Waals surface area contributed by atoms with Crippen LogP contribution in [0.3, 0.4) is 0 Å². The lowest BCUT2D eigenvalue weighted by Crippen LogP contribution is -2.05. The van der Waals surface area contributed by atoms with E-state index in [-0.39, 0.29) is 5.69 Å². The molecular weight excluding hydrogens is 286 g/mol. The van der Waals surface area contributed by atoms with E-state index in [1.54, 1.807) is 19.2 Å². The summed E-state index contributed by atoms with van der Waals surface area (Å²) >= 11 is 0. The molecule has 0 aliphatic carbocycles. The van der Waals surface area contributed by atoms with Crippen molar-refractivity contribution in [1.29, 1.82) is 0 Å². The number of rotatable bonds is 8. The molecule has 0 fully saturated rings. The Hall–Kier alpha value is -2.76. The van der Waals surface area contributed by atoms with Crippen LogP contribution in [-0.2, 0) is 0 Å². The molecule has 0 unspecified atom stereocenters. The molecule has 0 bridgehead atoms. The third-order valence-corrected chi connectivity index (χ3v) is 2.91. The standard InChI is InChI=1S/C16H17NO5/c1-20-14-6-8-15(9-7-14)21-10-3-11-22-16-5-2-4-13(12-16)17(18)19/h2,4-9,12H,3,10-11H2,1H3. The predicted octanol–water partition coefficient (Wildman–Crippen LogP) is 3.45. The molecule has 2 rings (SSSR count). The molecule has 6 heteroatoms. The molecule has 0 saturated carbocycles. The molecule has 0 aliphatic rings. The quantitative estimate of drug-likeness (QED) is 0.424. The average molecular weight is 303 g/mol. The Labute approximate surface area is 128 Å². The van der Waals surface area contributed by atoms with Gasteiger partial charge in [-0.05, 0) is 30.3 Å². The van der Waals surface area contributed by atoms with Crippen LogP contribution < -0.4 is 14.2 Å². The second-order valence-corrected chi connectivity index (χ2v) is 4.48. The largest absolute Gasteiger partial charge is 0.497 e. The summed E-state index contributed by atoms with van der Waals surface area (Å²) in [5.74, 6) is 2.02. The SMILES string of the molecule is COc1ccc(OCCCOc2cccc([N+](=O)[O-])c2)cc1. The van der Waals surface area contributed by atoms with Crippen molar-refractivity contribution in [3.63, 3.8) is 0 Å². The van der Waals surface area contributed by atoms with Crippen molar-refractivity contribution in [2.24, 2.45) is 0 Å². The number of methoxy groups -OCH3 is 1. The van der Waals surface area contributed by atoms with E-state index in [1.807, 2.05) is 24.3 Å². The van der Waals surface area contributed by atoms with Gasteiger partial charge in [-0.2, -0.15) is 0 Å². The van der Waals surface area contributed by atoms with Gasteiger partial charge in [0, 0.05) is 12.5 Å². The van der Waals surface area contributed by atoms with E-state index in [1.165, 1.54) is 12.1 Å². The van der Waals surface area contributed by atoms with Gasteiger partial charge in [0.15, 0.2) is 0 Å². The fraction of sp³-hybridized carbons (Fsp3) is 0.250. The topological polar surface area (TPSA) is 70.8 Å². The van der Waals surface area contributed by atoms with Gasteiger partial charge in [-0.1, -0.05) is 6.07 Å². The van der Waals surface area contributed by atoms with Crippen LogP contribution in [0.15, 0.2) is 48.5 Å². The van der Waals surface area contributed by atoms with Crippen molar-refractivity contribution >= 4 is 5.69 Å².